The molecule has 0 fully saturated rings. The third-order valence-electron chi connectivity index (χ3n) is 3.31. The Morgan fingerprint density at radius 1 is 1.40 bits per heavy atom. The van der Waals surface area contributed by atoms with Crippen LogP contribution in [0.1, 0.15) is 38.3 Å². The summed E-state index contributed by atoms with van der Waals surface area (Å²) in [5.74, 6) is 1.04. The van der Waals surface area contributed by atoms with Gasteiger partial charge in [-0.05, 0) is 37.5 Å². The lowest BCUT2D eigenvalue weighted by atomic mass is 10.0. The molecule has 0 radical (unpaired) electrons. The molecule has 0 saturated carbocycles. The van der Waals surface area contributed by atoms with Gasteiger partial charge in [-0.15, -0.1) is 0 Å². The van der Waals surface area contributed by atoms with Crippen molar-refractivity contribution in [2.75, 3.05) is 13.1 Å². The van der Waals surface area contributed by atoms with Gasteiger partial charge in [0.15, 0.2) is 0 Å². The smallest absolute Gasteiger partial charge is 0.233 e. The van der Waals surface area contributed by atoms with E-state index < -0.39 is 0 Å². The number of nitrogens with one attached hydrogen (secondary N) is 2. The summed E-state index contributed by atoms with van der Waals surface area (Å²) in [7, 11) is 0. The molecule has 0 atom stereocenters. The van der Waals surface area contributed by atoms with Crippen LogP contribution in [0.2, 0.25) is 0 Å². The van der Waals surface area contributed by atoms with Gasteiger partial charge < -0.3 is 15.4 Å². The largest absolute Gasteiger partial charge is 0.487 e. The molecule has 110 valence electrons. The Labute approximate surface area is 120 Å². The van der Waals surface area contributed by atoms with Gasteiger partial charge in [-0.1, -0.05) is 19.1 Å². The van der Waals surface area contributed by atoms with E-state index in [0.717, 1.165) is 25.1 Å². The number of carbonyl (C=O) groups is 1. The lowest BCUT2D eigenvalue weighted by molar-refractivity contribution is -0.120. The SMILES string of the molecule is CCCNC(=O)CNCc1ccc2c(c1)CC(C)(C)O2. The average Bonchev–Trinajstić information content (AvgIpc) is 2.69. The molecule has 0 spiro atoms. The normalized spacial score (nSPS) is 15.6. The summed E-state index contributed by atoms with van der Waals surface area (Å²) < 4.78 is 5.85. The van der Waals surface area contributed by atoms with Gasteiger partial charge in [-0.2, -0.15) is 0 Å². The number of hydrogen-bond acceptors (Lipinski definition) is 3. The van der Waals surface area contributed by atoms with Crippen LogP contribution < -0.4 is 15.4 Å². The average molecular weight is 276 g/mol. The van der Waals surface area contributed by atoms with E-state index in [2.05, 4.69) is 36.6 Å². The Morgan fingerprint density at radius 3 is 2.95 bits per heavy atom. The van der Waals surface area contributed by atoms with Crippen molar-refractivity contribution < 1.29 is 9.53 Å². The first-order valence-electron chi connectivity index (χ1n) is 7.28. The van der Waals surface area contributed by atoms with Crippen molar-refractivity contribution in [2.45, 2.75) is 45.8 Å². The van der Waals surface area contributed by atoms with Crippen molar-refractivity contribution in [1.82, 2.24) is 10.6 Å². The highest BCUT2D eigenvalue weighted by Gasteiger charge is 2.29. The molecule has 0 saturated heterocycles. The maximum Gasteiger partial charge on any atom is 0.233 e. The van der Waals surface area contributed by atoms with E-state index in [1.807, 2.05) is 13.0 Å². The van der Waals surface area contributed by atoms with E-state index >= 15 is 0 Å². The second kappa shape index (κ2) is 6.27. The van der Waals surface area contributed by atoms with Crippen LogP contribution in [0, 0.1) is 0 Å². The van der Waals surface area contributed by atoms with Crippen LogP contribution in [-0.4, -0.2) is 24.6 Å². The molecule has 0 aromatic heterocycles. The van der Waals surface area contributed by atoms with Crippen LogP contribution >= 0.6 is 0 Å². The summed E-state index contributed by atoms with van der Waals surface area (Å²) in [6.07, 6.45) is 1.90. The summed E-state index contributed by atoms with van der Waals surface area (Å²) in [5.41, 5.74) is 2.34. The molecule has 4 heteroatoms. The van der Waals surface area contributed by atoms with Gasteiger partial charge in [0.05, 0.1) is 6.54 Å². The Balaban J connectivity index is 1.82. The number of ether oxygens (including phenoxy) is 1. The Morgan fingerprint density at radius 2 is 2.20 bits per heavy atom. The molecule has 1 aromatic rings. The molecule has 0 unspecified atom stereocenters. The van der Waals surface area contributed by atoms with E-state index in [-0.39, 0.29) is 11.5 Å². The molecule has 1 heterocycles. The van der Waals surface area contributed by atoms with Crippen molar-refractivity contribution in [3.63, 3.8) is 0 Å². The molecule has 1 aliphatic rings. The number of rotatable bonds is 6. The van der Waals surface area contributed by atoms with Crippen molar-refractivity contribution in [3.8, 4) is 5.75 Å². The second-order valence-corrected chi connectivity index (χ2v) is 5.93. The molecule has 2 N–H and O–H groups in total. The summed E-state index contributed by atoms with van der Waals surface area (Å²) in [6.45, 7) is 8.05. The van der Waals surface area contributed by atoms with Crippen LogP contribution in [0.3, 0.4) is 0 Å². The van der Waals surface area contributed by atoms with Crippen LogP contribution in [0.25, 0.3) is 0 Å². The maximum absolute atomic E-state index is 11.5. The number of benzene rings is 1. The molecule has 1 amide bonds. The molecule has 4 nitrogen and oxygen atoms in total. The monoisotopic (exact) mass is 276 g/mol. The van der Waals surface area contributed by atoms with Gasteiger partial charge in [0.25, 0.3) is 0 Å². The predicted molar refractivity (Wildman–Crippen MR) is 79.9 cm³/mol. The van der Waals surface area contributed by atoms with Gasteiger partial charge in [-0.25, -0.2) is 0 Å². The molecule has 2 rings (SSSR count). The minimum atomic E-state index is -0.103. The zero-order valence-corrected chi connectivity index (χ0v) is 12.6. The zero-order valence-electron chi connectivity index (χ0n) is 12.6. The number of hydrogen-bond donors (Lipinski definition) is 2. The molecule has 0 aliphatic carbocycles. The van der Waals surface area contributed by atoms with Crippen LogP contribution in [0.15, 0.2) is 18.2 Å². The minimum absolute atomic E-state index is 0.0532. The second-order valence-electron chi connectivity index (χ2n) is 5.93. The molecular weight excluding hydrogens is 252 g/mol. The first kappa shape index (κ1) is 14.9. The fraction of sp³-hybridized carbons (Fsp3) is 0.562. The standard InChI is InChI=1S/C16H24N2O2/c1-4-7-18-15(19)11-17-10-12-5-6-14-13(8-12)9-16(2,3)20-14/h5-6,8,17H,4,7,9-11H2,1-3H3,(H,18,19). The van der Waals surface area contributed by atoms with Crippen molar-refractivity contribution >= 4 is 5.91 Å². The summed E-state index contributed by atoms with van der Waals surface area (Å²) in [6, 6.07) is 6.25. The third-order valence-corrected chi connectivity index (χ3v) is 3.31. The van der Waals surface area contributed by atoms with Crippen molar-refractivity contribution in [1.29, 1.82) is 0 Å². The topological polar surface area (TPSA) is 50.4 Å². The van der Waals surface area contributed by atoms with E-state index in [4.69, 9.17) is 4.74 Å². The summed E-state index contributed by atoms with van der Waals surface area (Å²) >= 11 is 0. The fourth-order valence-corrected chi connectivity index (χ4v) is 2.42. The maximum atomic E-state index is 11.5. The van der Waals surface area contributed by atoms with Crippen molar-refractivity contribution in [2.24, 2.45) is 0 Å². The van der Waals surface area contributed by atoms with Gasteiger partial charge in [0, 0.05) is 19.5 Å². The third kappa shape index (κ3) is 3.97. The summed E-state index contributed by atoms with van der Waals surface area (Å²) in [4.78, 5) is 11.5. The lowest BCUT2D eigenvalue weighted by Crippen LogP contribution is -2.33. The quantitative estimate of drug-likeness (QED) is 0.835. The molecular formula is C16H24N2O2. The van der Waals surface area contributed by atoms with Gasteiger partial charge in [0.1, 0.15) is 11.4 Å². The van der Waals surface area contributed by atoms with E-state index in [1.165, 1.54) is 11.1 Å². The number of fused-ring (bicyclic) bond motifs is 1. The highest BCUT2D eigenvalue weighted by Crippen LogP contribution is 2.35. The van der Waals surface area contributed by atoms with Gasteiger partial charge in [0.2, 0.25) is 5.91 Å². The highest BCUT2D eigenvalue weighted by molar-refractivity contribution is 5.77. The number of carbonyl (C=O) groups excluding carboxylic acids is 1. The molecule has 1 aromatic carbocycles. The minimum Gasteiger partial charge on any atom is -0.487 e. The van der Waals surface area contributed by atoms with E-state index in [1.54, 1.807) is 0 Å². The van der Waals surface area contributed by atoms with Crippen molar-refractivity contribution in [3.05, 3.63) is 29.3 Å². The van der Waals surface area contributed by atoms with Gasteiger partial charge >= 0.3 is 0 Å². The molecule has 1 aliphatic heterocycles. The van der Waals surface area contributed by atoms with E-state index in [0.29, 0.717) is 13.1 Å². The first-order valence-corrected chi connectivity index (χ1v) is 7.28. The summed E-state index contributed by atoms with van der Waals surface area (Å²) in [5, 5.41) is 6.02. The Kier molecular flexibility index (Phi) is 4.65. The Bertz CT molecular complexity index is 483. The van der Waals surface area contributed by atoms with Crippen LogP contribution in [-0.2, 0) is 17.8 Å². The molecule has 20 heavy (non-hydrogen) atoms. The molecule has 0 bridgehead atoms. The highest BCUT2D eigenvalue weighted by atomic mass is 16.5. The van der Waals surface area contributed by atoms with Crippen LogP contribution in [0.5, 0.6) is 5.75 Å². The Hall–Kier alpha value is -1.55. The number of amides is 1. The predicted octanol–water partition coefficient (Wildman–Crippen LogP) is 2.02. The first-order chi connectivity index (χ1) is 9.50. The zero-order chi connectivity index (χ0) is 14.6. The fourth-order valence-electron chi connectivity index (χ4n) is 2.42. The van der Waals surface area contributed by atoms with E-state index in [9.17, 15) is 4.79 Å². The van der Waals surface area contributed by atoms with Crippen LogP contribution in [0.4, 0.5) is 0 Å². The lowest BCUT2D eigenvalue weighted by Gasteiger charge is -2.16. The van der Waals surface area contributed by atoms with Gasteiger partial charge in [-0.3, -0.25) is 4.79 Å².